The minimum atomic E-state index is -0.644. The molecule has 0 bridgehead atoms. The Morgan fingerprint density at radius 2 is 1.97 bits per heavy atom. The average Bonchev–Trinajstić information content (AvgIpc) is 3.49. The summed E-state index contributed by atoms with van der Waals surface area (Å²) in [6.07, 6.45) is 2.55. The van der Waals surface area contributed by atoms with Crippen molar-refractivity contribution in [2.75, 3.05) is 26.2 Å². The van der Waals surface area contributed by atoms with Gasteiger partial charge in [0.2, 0.25) is 0 Å². The molecular weight excluding hydrogens is 424 g/mol. The summed E-state index contributed by atoms with van der Waals surface area (Å²) >= 11 is 1.48. The van der Waals surface area contributed by atoms with Crippen molar-refractivity contribution in [2.24, 2.45) is 0 Å². The summed E-state index contributed by atoms with van der Waals surface area (Å²) in [6, 6.07) is 8.76. The fraction of sp³-hybridized carbons (Fsp3) is 0.375. The van der Waals surface area contributed by atoms with Crippen LogP contribution in [-0.4, -0.2) is 62.2 Å². The summed E-state index contributed by atoms with van der Waals surface area (Å²) in [5, 5.41) is 13.3. The maximum Gasteiger partial charge on any atom is 0.295 e. The highest BCUT2D eigenvalue weighted by atomic mass is 32.1. The number of fused-ring (bicyclic) bond motifs is 1. The number of aliphatic hydroxyl groups is 1. The Kier molecular flexibility index (Phi) is 6.43. The molecule has 3 aromatic heterocycles. The summed E-state index contributed by atoms with van der Waals surface area (Å²) in [6.45, 7) is 9.20. The molecule has 32 heavy (non-hydrogen) atoms. The van der Waals surface area contributed by atoms with E-state index in [1.807, 2.05) is 35.7 Å². The Morgan fingerprint density at radius 3 is 2.66 bits per heavy atom. The van der Waals surface area contributed by atoms with Gasteiger partial charge in [-0.3, -0.25) is 14.0 Å². The first-order chi connectivity index (χ1) is 15.5. The van der Waals surface area contributed by atoms with E-state index >= 15 is 0 Å². The zero-order chi connectivity index (χ0) is 22.8. The lowest BCUT2D eigenvalue weighted by atomic mass is 10.0. The third kappa shape index (κ3) is 3.84. The molecule has 168 valence electrons. The normalized spacial score (nSPS) is 18.4. The van der Waals surface area contributed by atoms with E-state index in [2.05, 4.69) is 23.7 Å². The van der Waals surface area contributed by atoms with E-state index in [0.29, 0.717) is 23.6 Å². The first-order valence-electron chi connectivity index (χ1n) is 11.0. The SMILES string of the molecule is CCN(CC)CCCN1C(=O)C(=O)/C(=C(/O)c2c(C)nc3ccccn23)[C@@H]1c1cccs1. The quantitative estimate of drug-likeness (QED) is 0.319. The molecule has 1 saturated heterocycles. The summed E-state index contributed by atoms with van der Waals surface area (Å²) in [5.41, 5.74) is 1.86. The van der Waals surface area contributed by atoms with E-state index in [-0.39, 0.29) is 11.3 Å². The number of ketones is 1. The number of imidazole rings is 1. The minimum Gasteiger partial charge on any atom is -0.505 e. The first kappa shape index (κ1) is 22.2. The molecule has 4 heterocycles. The molecule has 3 aromatic rings. The predicted molar refractivity (Wildman–Crippen MR) is 126 cm³/mol. The second kappa shape index (κ2) is 9.26. The van der Waals surface area contributed by atoms with Crippen LogP contribution in [0.4, 0.5) is 0 Å². The van der Waals surface area contributed by atoms with Crippen molar-refractivity contribution in [3.63, 3.8) is 0 Å². The van der Waals surface area contributed by atoms with Crippen LogP contribution in [0.5, 0.6) is 0 Å². The highest BCUT2D eigenvalue weighted by Gasteiger charge is 2.46. The molecule has 0 spiro atoms. The monoisotopic (exact) mass is 452 g/mol. The second-order valence-electron chi connectivity index (χ2n) is 7.86. The number of hydrogen-bond acceptors (Lipinski definition) is 6. The van der Waals surface area contributed by atoms with Crippen LogP contribution >= 0.6 is 11.3 Å². The van der Waals surface area contributed by atoms with Crippen LogP contribution in [0.25, 0.3) is 11.4 Å². The van der Waals surface area contributed by atoms with Gasteiger partial charge < -0.3 is 14.9 Å². The van der Waals surface area contributed by atoms with Gasteiger partial charge in [0.05, 0.1) is 17.3 Å². The van der Waals surface area contributed by atoms with Crippen molar-refractivity contribution in [3.8, 4) is 0 Å². The number of aliphatic hydroxyl groups excluding tert-OH is 1. The number of amides is 1. The smallest absolute Gasteiger partial charge is 0.295 e. The van der Waals surface area contributed by atoms with Crippen molar-refractivity contribution in [1.29, 1.82) is 0 Å². The predicted octanol–water partition coefficient (Wildman–Crippen LogP) is 3.86. The van der Waals surface area contributed by atoms with Gasteiger partial charge in [-0.15, -0.1) is 11.3 Å². The number of carbonyl (C=O) groups excluding carboxylic acids is 2. The van der Waals surface area contributed by atoms with Gasteiger partial charge in [-0.05, 0) is 56.6 Å². The summed E-state index contributed by atoms with van der Waals surface area (Å²) < 4.78 is 1.75. The average molecular weight is 453 g/mol. The molecule has 0 unspecified atom stereocenters. The van der Waals surface area contributed by atoms with Gasteiger partial charge in [-0.1, -0.05) is 26.0 Å². The largest absolute Gasteiger partial charge is 0.505 e. The van der Waals surface area contributed by atoms with Crippen molar-refractivity contribution >= 4 is 34.4 Å². The van der Waals surface area contributed by atoms with E-state index in [1.165, 1.54) is 11.3 Å². The molecule has 1 fully saturated rings. The van der Waals surface area contributed by atoms with Crippen LogP contribution in [0.1, 0.15) is 42.6 Å². The highest BCUT2D eigenvalue weighted by Crippen LogP contribution is 2.41. The van der Waals surface area contributed by atoms with E-state index in [9.17, 15) is 14.7 Å². The van der Waals surface area contributed by atoms with E-state index in [0.717, 1.165) is 30.9 Å². The van der Waals surface area contributed by atoms with Crippen LogP contribution in [-0.2, 0) is 9.59 Å². The Bertz CT molecular complexity index is 1160. The standard InChI is InChI=1S/C24H28N4O3S/c1-4-26(5-2)12-9-14-28-21(17-10-8-15-32-17)19(23(30)24(28)31)22(29)20-16(3)25-18-11-6-7-13-27(18)20/h6-8,10-11,13,15,21,29H,4-5,9,12,14H2,1-3H3/b22-19+/t21-/m0/s1. The number of thiophene rings is 1. The molecule has 0 aliphatic carbocycles. The second-order valence-corrected chi connectivity index (χ2v) is 8.84. The van der Waals surface area contributed by atoms with Gasteiger partial charge in [0.1, 0.15) is 11.3 Å². The third-order valence-electron chi connectivity index (χ3n) is 6.05. The van der Waals surface area contributed by atoms with Gasteiger partial charge in [0, 0.05) is 17.6 Å². The van der Waals surface area contributed by atoms with Gasteiger partial charge >= 0.3 is 0 Å². The molecule has 0 saturated carbocycles. The van der Waals surface area contributed by atoms with Crippen LogP contribution < -0.4 is 0 Å². The molecule has 8 heteroatoms. The molecule has 0 radical (unpaired) electrons. The number of likely N-dealkylation sites (tertiary alicyclic amines) is 1. The van der Waals surface area contributed by atoms with Crippen LogP contribution in [0, 0.1) is 6.92 Å². The lowest BCUT2D eigenvalue weighted by Crippen LogP contribution is -2.33. The Morgan fingerprint density at radius 1 is 1.19 bits per heavy atom. The molecule has 4 rings (SSSR count). The van der Waals surface area contributed by atoms with E-state index in [1.54, 1.807) is 22.4 Å². The Balaban J connectivity index is 1.77. The lowest BCUT2D eigenvalue weighted by Gasteiger charge is -2.25. The molecular formula is C24H28N4O3S. The highest BCUT2D eigenvalue weighted by molar-refractivity contribution is 7.10. The molecule has 1 amide bonds. The molecule has 1 N–H and O–H groups in total. The minimum absolute atomic E-state index is 0.133. The number of aromatic nitrogens is 2. The zero-order valence-corrected chi connectivity index (χ0v) is 19.4. The number of rotatable bonds is 8. The van der Waals surface area contributed by atoms with E-state index < -0.39 is 17.7 Å². The van der Waals surface area contributed by atoms with Crippen molar-refractivity contribution in [2.45, 2.75) is 33.2 Å². The fourth-order valence-electron chi connectivity index (χ4n) is 4.38. The van der Waals surface area contributed by atoms with Crippen LogP contribution in [0.15, 0.2) is 47.5 Å². The molecule has 1 atom stereocenters. The lowest BCUT2D eigenvalue weighted by molar-refractivity contribution is -0.139. The van der Waals surface area contributed by atoms with Crippen LogP contribution in [0.2, 0.25) is 0 Å². The maximum absolute atomic E-state index is 13.2. The van der Waals surface area contributed by atoms with Gasteiger partial charge in [0.15, 0.2) is 5.76 Å². The number of carbonyl (C=O) groups is 2. The number of Topliss-reactive ketones (excluding diaryl/α,β-unsaturated/α-hetero) is 1. The topological polar surface area (TPSA) is 78.2 Å². The molecule has 7 nitrogen and oxygen atoms in total. The maximum atomic E-state index is 13.2. The Hall–Kier alpha value is -2.97. The van der Waals surface area contributed by atoms with Crippen molar-refractivity contribution in [1.82, 2.24) is 19.2 Å². The zero-order valence-electron chi connectivity index (χ0n) is 18.6. The molecule has 1 aliphatic rings. The molecule has 1 aliphatic heterocycles. The van der Waals surface area contributed by atoms with Crippen LogP contribution in [0.3, 0.4) is 0 Å². The number of aryl methyl sites for hydroxylation is 1. The van der Waals surface area contributed by atoms with Crippen molar-refractivity contribution in [3.05, 3.63) is 63.7 Å². The summed E-state index contributed by atoms with van der Waals surface area (Å²) in [4.78, 5) is 35.5. The van der Waals surface area contributed by atoms with Gasteiger partial charge in [-0.2, -0.15) is 0 Å². The van der Waals surface area contributed by atoms with E-state index in [4.69, 9.17) is 0 Å². The van der Waals surface area contributed by atoms with Gasteiger partial charge in [-0.25, -0.2) is 4.98 Å². The third-order valence-corrected chi connectivity index (χ3v) is 6.97. The number of hydrogen-bond donors (Lipinski definition) is 1. The summed E-state index contributed by atoms with van der Waals surface area (Å²) in [7, 11) is 0. The fourth-order valence-corrected chi connectivity index (χ4v) is 5.23. The van der Waals surface area contributed by atoms with Gasteiger partial charge in [0.25, 0.3) is 11.7 Å². The Labute approximate surface area is 191 Å². The number of pyridine rings is 1. The first-order valence-corrected chi connectivity index (χ1v) is 11.8. The molecule has 0 aromatic carbocycles. The summed E-state index contributed by atoms with van der Waals surface area (Å²) in [5.74, 6) is -1.38. The number of nitrogens with zero attached hydrogens (tertiary/aromatic N) is 4. The van der Waals surface area contributed by atoms with Crippen molar-refractivity contribution < 1.29 is 14.7 Å².